The first-order chi connectivity index (χ1) is 7.67. The van der Waals surface area contributed by atoms with E-state index < -0.39 is 0 Å². The number of carbonyl (C=O) groups is 1. The fraction of sp³-hybridized carbons (Fsp3) is 0.167. The summed E-state index contributed by atoms with van der Waals surface area (Å²) in [7, 11) is 0. The molecule has 0 bridgehead atoms. The van der Waals surface area contributed by atoms with Crippen LogP contribution in [0, 0.1) is 0 Å². The Morgan fingerprint density at radius 1 is 1.50 bits per heavy atom. The largest absolute Gasteiger partial charge is 0.399 e. The number of amidine groups is 1. The second-order valence-corrected chi connectivity index (χ2v) is 3.14. The molecule has 4 nitrogen and oxygen atoms in total. The lowest BCUT2D eigenvalue weighted by molar-refractivity contribution is -0.115. The topological polar surface area (TPSA) is 67.5 Å². The molecule has 0 saturated heterocycles. The summed E-state index contributed by atoms with van der Waals surface area (Å²) >= 11 is 0. The van der Waals surface area contributed by atoms with Gasteiger partial charge in [0.05, 0.1) is 0 Å². The molecular formula is C12H15N3O. The Bertz CT molecular complexity index is 407. The number of nitrogens with one attached hydrogen (secondary N) is 1. The Morgan fingerprint density at radius 2 is 2.12 bits per heavy atom. The highest BCUT2D eigenvalue weighted by Crippen LogP contribution is 2.06. The second-order valence-electron chi connectivity index (χ2n) is 3.14. The van der Waals surface area contributed by atoms with Gasteiger partial charge in [0.15, 0.2) is 0 Å². The van der Waals surface area contributed by atoms with Gasteiger partial charge in [-0.05, 0) is 37.3 Å². The minimum atomic E-state index is -0.274. The number of hydrogen-bond donors (Lipinski definition) is 2. The van der Waals surface area contributed by atoms with E-state index in [1.807, 2.05) is 19.1 Å². The zero-order valence-corrected chi connectivity index (χ0v) is 9.23. The van der Waals surface area contributed by atoms with Gasteiger partial charge in [-0.2, -0.15) is 0 Å². The fourth-order valence-corrected chi connectivity index (χ4v) is 1.17. The third-order valence-corrected chi connectivity index (χ3v) is 1.93. The van der Waals surface area contributed by atoms with Crippen LogP contribution < -0.4 is 11.1 Å². The van der Waals surface area contributed by atoms with Crippen molar-refractivity contribution < 1.29 is 4.79 Å². The summed E-state index contributed by atoms with van der Waals surface area (Å²) in [6.45, 7) is 5.89. The molecule has 0 aliphatic rings. The van der Waals surface area contributed by atoms with Crippen LogP contribution in [0.2, 0.25) is 0 Å². The molecule has 4 heteroatoms. The van der Waals surface area contributed by atoms with Gasteiger partial charge < -0.3 is 11.1 Å². The number of benzene rings is 1. The molecule has 0 aliphatic heterocycles. The van der Waals surface area contributed by atoms with Gasteiger partial charge in [0, 0.05) is 17.8 Å². The molecule has 0 saturated carbocycles. The Morgan fingerprint density at radius 3 is 2.62 bits per heavy atom. The van der Waals surface area contributed by atoms with Crippen molar-refractivity contribution in [3.63, 3.8) is 0 Å². The standard InChI is InChI=1S/C12H15N3O/c1-3-11(16)15-12(14-4-2)9-5-7-10(13)8-6-9/h3,5-8H,1,4,13H2,2H3,(H,14,15,16). The van der Waals surface area contributed by atoms with Crippen LogP contribution in [0.3, 0.4) is 0 Å². The molecule has 84 valence electrons. The molecule has 0 aromatic heterocycles. The number of rotatable bonds is 3. The van der Waals surface area contributed by atoms with Gasteiger partial charge in [0.25, 0.3) is 0 Å². The van der Waals surface area contributed by atoms with E-state index in [4.69, 9.17) is 5.73 Å². The summed E-state index contributed by atoms with van der Waals surface area (Å²) in [5.74, 6) is 0.261. The van der Waals surface area contributed by atoms with Crippen LogP contribution in [0.25, 0.3) is 0 Å². The van der Waals surface area contributed by atoms with Crippen LogP contribution in [0.15, 0.2) is 41.9 Å². The predicted molar refractivity (Wildman–Crippen MR) is 66.3 cm³/mol. The first-order valence-corrected chi connectivity index (χ1v) is 5.01. The monoisotopic (exact) mass is 217 g/mol. The lowest BCUT2D eigenvalue weighted by Crippen LogP contribution is -2.29. The van der Waals surface area contributed by atoms with E-state index in [1.165, 1.54) is 6.08 Å². The van der Waals surface area contributed by atoms with Gasteiger partial charge in [-0.25, -0.2) is 0 Å². The minimum absolute atomic E-state index is 0.274. The van der Waals surface area contributed by atoms with E-state index in [9.17, 15) is 4.79 Å². The Kier molecular flexibility index (Phi) is 4.27. The van der Waals surface area contributed by atoms with Gasteiger partial charge in [0.2, 0.25) is 5.91 Å². The molecule has 1 amide bonds. The highest BCUT2D eigenvalue weighted by Gasteiger charge is 2.05. The minimum Gasteiger partial charge on any atom is -0.399 e. The summed E-state index contributed by atoms with van der Waals surface area (Å²) in [4.78, 5) is 15.4. The molecular weight excluding hydrogens is 202 g/mol. The number of nitrogens with two attached hydrogens (primary N) is 1. The number of hydrogen-bond acceptors (Lipinski definition) is 3. The van der Waals surface area contributed by atoms with Crippen molar-refractivity contribution >= 4 is 17.4 Å². The van der Waals surface area contributed by atoms with Crippen LogP contribution in [0.5, 0.6) is 0 Å². The molecule has 0 spiro atoms. The van der Waals surface area contributed by atoms with Crippen molar-refractivity contribution in [2.75, 3.05) is 12.3 Å². The van der Waals surface area contributed by atoms with E-state index >= 15 is 0 Å². The molecule has 1 aromatic rings. The molecule has 0 unspecified atom stereocenters. The second kappa shape index (κ2) is 5.70. The molecule has 0 aliphatic carbocycles. The zero-order valence-electron chi connectivity index (χ0n) is 9.23. The molecule has 0 atom stereocenters. The lowest BCUT2D eigenvalue weighted by Gasteiger charge is -2.07. The Labute approximate surface area is 94.9 Å². The average Bonchev–Trinajstić information content (AvgIpc) is 2.29. The van der Waals surface area contributed by atoms with Crippen molar-refractivity contribution in [1.82, 2.24) is 5.32 Å². The molecule has 3 N–H and O–H groups in total. The van der Waals surface area contributed by atoms with Crippen LogP contribution >= 0.6 is 0 Å². The van der Waals surface area contributed by atoms with E-state index in [0.717, 1.165) is 5.56 Å². The molecule has 0 heterocycles. The van der Waals surface area contributed by atoms with E-state index in [1.54, 1.807) is 12.1 Å². The average molecular weight is 217 g/mol. The highest BCUT2D eigenvalue weighted by molar-refractivity contribution is 6.10. The quantitative estimate of drug-likeness (QED) is 0.347. The molecule has 16 heavy (non-hydrogen) atoms. The van der Waals surface area contributed by atoms with Crippen molar-refractivity contribution in [2.24, 2.45) is 4.99 Å². The molecule has 1 aromatic carbocycles. The maximum atomic E-state index is 11.2. The molecule has 0 fully saturated rings. The fourth-order valence-electron chi connectivity index (χ4n) is 1.17. The summed E-state index contributed by atoms with van der Waals surface area (Å²) in [5.41, 5.74) is 7.09. The summed E-state index contributed by atoms with van der Waals surface area (Å²) in [6, 6.07) is 7.15. The zero-order chi connectivity index (χ0) is 12.0. The van der Waals surface area contributed by atoms with Gasteiger partial charge in [-0.15, -0.1) is 0 Å². The summed E-state index contributed by atoms with van der Waals surface area (Å²) in [5, 5.41) is 2.66. The SMILES string of the molecule is C=CC(=O)NC(=NCC)c1ccc(N)cc1. The number of anilines is 1. The third-order valence-electron chi connectivity index (χ3n) is 1.93. The van der Waals surface area contributed by atoms with Crippen LogP contribution in [-0.4, -0.2) is 18.3 Å². The van der Waals surface area contributed by atoms with Crippen molar-refractivity contribution in [1.29, 1.82) is 0 Å². The maximum Gasteiger partial charge on any atom is 0.248 e. The Hall–Kier alpha value is -2.10. The van der Waals surface area contributed by atoms with Crippen LogP contribution in [0.4, 0.5) is 5.69 Å². The van der Waals surface area contributed by atoms with Crippen molar-refractivity contribution in [3.8, 4) is 0 Å². The smallest absolute Gasteiger partial charge is 0.248 e. The van der Waals surface area contributed by atoms with Gasteiger partial charge in [-0.3, -0.25) is 9.79 Å². The van der Waals surface area contributed by atoms with E-state index in [2.05, 4.69) is 16.9 Å². The number of nitrogens with zero attached hydrogens (tertiary/aromatic N) is 1. The number of aliphatic imine (C=N–C) groups is 1. The third kappa shape index (κ3) is 3.24. The van der Waals surface area contributed by atoms with Crippen molar-refractivity contribution in [3.05, 3.63) is 42.5 Å². The highest BCUT2D eigenvalue weighted by atomic mass is 16.1. The van der Waals surface area contributed by atoms with Gasteiger partial charge in [-0.1, -0.05) is 6.58 Å². The van der Waals surface area contributed by atoms with Gasteiger partial charge >= 0.3 is 0 Å². The summed E-state index contributed by atoms with van der Waals surface area (Å²) < 4.78 is 0. The van der Waals surface area contributed by atoms with E-state index in [-0.39, 0.29) is 5.91 Å². The van der Waals surface area contributed by atoms with Crippen molar-refractivity contribution in [2.45, 2.75) is 6.92 Å². The Balaban J connectivity index is 2.94. The van der Waals surface area contributed by atoms with Crippen LogP contribution in [0.1, 0.15) is 12.5 Å². The normalized spacial score (nSPS) is 10.9. The first kappa shape index (κ1) is 12.0. The first-order valence-electron chi connectivity index (χ1n) is 5.01. The number of carbonyl (C=O) groups excluding carboxylic acids is 1. The van der Waals surface area contributed by atoms with E-state index in [0.29, 0.717) is 18.1 Å². The number of nitrogen functional groups attached to an aromatic ring is 1. The van der Waals surface area contributed by atoms with Gasteiger partial charge in [0.1, 0.15) is 5.84 Å². The molecule has 0 radical (unpaired) electrons. The maximum absolute atomic E-state index is 11.2. The molecule has 1 rings (SSSR count). The van der Waals surface area contributed by atoms with Crippen LogP contribution in [-0.2, 0) is 4.79 Å². The number of amides is 1. The lowest BCUT2D eigenvalue weighted by atomic mass is 10.2. The summed E-state index contributed by atoms with van der Waals surface area (Å²) in [6.07, 6.45) is 1.21. The predicted octanol–water partition coefficient (Wildman–Crippen LogP) is 1.34.